The van der Waals surface area contributed by atoms with Crippen molar-refractivity contribution in [3.63, 3.8) is 0 Å². The molecule has 0 amide bonds. The highest BCUT2D eigenvalue weighted by Crippen LogP contribution is 2.21. The molecular weight excluding hydrogens is 236 g/mol. The molecule has 0 radical (unpaired) electrons. The highest BCUT2D eigenvalue weighted by molar-refractivity contribution is 7.10. The monoisotopic (exact) mass is 256 g/mol. The van der Waals surface area contributed by atoms with Crippen LogP contribution in [0, 0.1) is 0 Å². The van der Waals surface area contributed by atoms with Crippen molar-refractivity contribution in [3.8, 4) is 0 Å². The van der Waals surface area contributed by atoms with Crippen molar-refractivity contribution in [2.45, 2.75) is 39.5 Å². The van der Waals surface area contributed by atoms with E-state index in [1.807, 2.05) is 0 Å². The minimum atomic E-state index is 0.306. The maximum atomic E-state index is 5.63. The molecule has 1 saturated heterocycles. The maximum Gasteiger partial charge on any atom is 0.134 e. The fourth-order valence-corrected chi connectivity index (χ4v) is 2.63. The molecule has 1 fully saturated rings. The summed E-state index contributed by atoms with van der Waals surface area (Å²) in [6.45, 7) is 9.92. The van der Waals surface area contributed by atoms with Gasteiger partial charge in [-0.15, -0.1) is 5.10 Å². The molecule has 1 N–H and O–H groups in total. The molecule has 2 unspecified atom stereocenters. The molecule has 0 spiro atoms. The zero-order chi connectivity index (χ0) is 12.3. The largest absolute Gasteiger partial charge is 0.376 e. The van der Waals surface area contributed by atoms with Gasteiger partial charge in [0.2, 0.25) is 0 Å². The highest BCUT2D eigenvalue weighted by Gasteiger charge is 2.25. The Balaban J connectivity index is 2.01. The van der Waals surface area contributed by atoms with Crippen LogP contribution in [0.2, 0.25) is 0 Å². The molecule has 6 heteroatoms. The van der Waals surface area contributed by atoms with Gasteiger partial charge < -0.3 is 10.1 Å². The van der Waals surface area contributed by atoms with Crippen LogP contribution in [0.15, 0.2) is 0 Å². The summed E-state index contributed by atoms with van der Waals surface area (Å²) in [5.41, 5.74) is 1.05. The molecule has 0 aromatic carbocycles. The Labute approximate surface area is 106 Å². The summed E-state index contributed by atoms with van der Waals surface area (Å²) in [5.74, 6) is 0. The summed E-state index contributed by atoms with van der Waals surface area (Å²) in [4.78, 5) is 2.41. The molecule has 1 aromatic heterocycles. The van der Waals surface area contributed by atoms with E-state index in [0.717, 1.165) is 36.9 Å². The smallest absolute Gasteiger partial charge is 0.134 e. The lowest BCUT2D eigenvalue weighted by Gasteiger charge is -2.36. The summed E-state index contributed by atoms with van der Waals surface area (Å²) < 4.78 is 9.65. The Hall–Kier alpha value is -0.720. The van der Waals surface area contributed by atoms with E-state index >= 15 is 0 Å². The van der Waals surface area contributed by atoms with E-state index in [1.54, 1.807) is 0 Å². The van der Waals surface area contributed by atoms with E-state index in [9.17, 15) is 0 Å². The molecule has 0 bridgehead atoms. The van der Waals surface area contributed by atoms with Gasteiger partial charge in [-0.05, 0) is 20.8 Å². The van der Waals surface area contributed by atoms with E-state index in [1.165, 1.54) is 11.5 Å². The Kier molecular flexibility index (Phi) is 4.31. The third-order valence-corrected chi connectivity index (χ3v) is 3.71. The van der Waals surface area contributed by atoms with Crippen LogP contribution in [-0.2, 0) is 11.3 Å². The minimum absolute atomic E-state index is 0.306. The van der Waals surface area contributed by atoms with Crippen molar-refractivity contribution < 1.29 is 4.74 Å². The lowest BCUT2D eigenvalue weighted by molar-refractivity contribution is -0.0530. The lowest BCUT2D eigenvalue weighted by Crippen LogP contribution is -2.46. The van der Waals surface area contributed by atoms with Crippen molar-refractivity contribution in [1.29, 1.82) is 0 Å². The lowest BCUT2D eigenvalue weighted by atomic mass is 10.2. The second-order valence-corrected chi connectivity index (χ2v) is 5.26. The standard InChI is InChI=1S/C11H20N4OS/c1-4-12-11-10(13-14-17-11)6-15-5-9(3)16-7-8(15)2/h8-9,12H,4-7H2,1-3H3. The van der Waals surface area contributed by atoms with Crippen LogP contribution >= 0.6 is 11.5 Å². The Morgan fingerprint density at radius 3 is 3.12 bits per heavy atom. The first kappa shape index (κ1) is 12.7. The van der Waals surface area contributed by atoms with Crippen LogP contribution < -0.4 is 5.32 Å². The quantitative estimate of drug-likeness (QED) is 0.886. The first-order valence-electron chi connectivity index (χ1n) is 6.11. The molecule has 0 saturated carbocycles. The first-order chi connectivity index (χ1) is 8.20. The Morgan fingerprint density at radius 2 is 2.35 bits per heavy atom. The molecule has 1 aromatic rings. The van der Waals surface area contributed by atoms with Crippen molar-refractivity contribution >= 4 is 16.5 Å². The van der Waals surface area contributed by atoms with Gasteiger partial charge in [0.15, 0.2) is 0 Å². The molecule has 1 aliphatic rings. The van der Waals surface area contributed by atoms with Crippen LogP contribution in [0.3, 0.4) is 0 Å². The summed E-state index contributed by atoms with van der Waals surface area (Å²) in [7, 11) is 0. The van der Waals surface area contributed by atoms with Gasteiger partial charge >= 0.3 is 0 Å². The van der Waals surface area contributed by atoms with Crippen LogP contribution in [0.25, 0.3) is 0 Å². The third-order valence-electron chi connectivity index (χ3n) is 2.98. The molecule has 96 valence electrons. The summed E-state index contributed by atoms with van der Waals surface area (Å²) >= 11 is 1.43. The van der Waals surface area contributed by atoms with Crippen LogP contribution in [-0.4, -0.2) is 46.3 Å². The van der Waals surface area contributed by atoms with Crippen molar-refractivity contribution in [2.75, 3.05) is 25.0 Å². The topological polar surface area (TPSA) is 50.3 Å². The van der Waals surface area contributed by atoms with Crippen molar-refractivity contribution in [2.24, 2.45) is 0 Å². The SMILES string of the molecule is CCNc1snnc1CN1CC(C)OCC1C. The Morgan fingerprint density at radius 1 is 1.53 bits per heavy atom. The fraction of sp³-hybridized carbons (Fsp3) is 0.818. The molecule has 2 heterocycles. The number of hydrogen-bond acceptors (Lipinski definition) is 6. The summed E-state index contributed by atoms with van der Waals surface area (Å²) in [6.07, 6.45) is 0.306. The van der Waals surface area contributed by atoms with Gasteiger partial charge in [-0.25, -0.2) is 0 Å². The number of nitrogens with one attached hydrogen (secondary N) is 1. The average Bonchev–Trinajstić information content (AvgIpc) is 2.72. The fourth-order valence-electron chi connectivity index (χ4n) is 1.99. The number of anilines is 1. The van der Waals surface area contributed by atoms with Crippen LogP contribution in [0.1, 0.15) is 26.5 Å². The summed E-state index contributed by atoms with van der Waals surface area (Å²) in [6, 6.07) is 0.447. The van der Waals surface area contributed by atoms with E-state index < -0.39 is 0 Å². The van der Waals surface area contributed by atoms with Gasteiger partial charge in [-0.2, -0.15) is 0 Å². The number of morpholine rings is 1. The number of ether oxygens (including phenoxy) is 1. The molecule has 1 aliphatic heterocycles. The number of hydrogen-bond donors (Lipinski definition) is 1. The van der Waals surface area contributed by atoms with Crippen LogP contribution in [0.4, 0.5) is 5.00 Å². The van der Waals surface area contributed by atoms with Gasteiger partial charge in [0.05, 0.1) is 12.7 Å². The molecule has 2 atom stereocenters. The Bertz CT molecular complexity index is 357. The number of rotatable bonds is 4. The van der Waals surface area contributed by atoms with Crippen LogP contribution in [0.5, 0.6) is 0 Å². The second kappa shape index (κ2) is 5.75. The predicted octanol–water partition coefficient (Wildman–Crippen LogP) is 1.58. The van der Waals surface area contributed by atoms with Gasteiger partial charge in [0.1, 0.15) is 10.7 Å². The van der Waals surface area contributed by atoms with Crippen molar-refractivity contribution in [3.05, 3.63) is 5.69 Å². The van der Waals surface area contributed by atoms with Gasteiger partial charge in [-0.1, -0.05) is 4.49 Å². The zero-order valence-electron chi connectivity index (χ0n) is 10.6. The molecule has 5 nitrogen and oxygen atoms in total. The number of nitrogens with zero attached hydrogens (tertiary/aromatic N) is 3. The van der Waals surface area contributed by atoms with E-state index in [0.29, 0.717) is 12.1 Å². The van der Waals surface area contributed by atoms with E-state index in [4.69, 9.17) is 4.74 Å². The minimum Gasteiger partial charge on any atom is -0.376 e. The summed E-state index contributed by atoms with van der Waals surface area (Å²) in [5, 5.41) is 8.62. The normalized spacial score (nSPS) is 26.1. The van der Waals surface area contributed by atoms with E-state index in [-0.39, 0.29) is 0 Å². The maximum absolute atomic E-state index is 5.63. The molecule has 2 rings (SSSR count). The first-order valence-corrected chi connectivity index (χ1v) is 6.88. The average molecular weight is 256 g/mol. The van der Waals surface area contributed by atoms with Gasteiger partial charge in [0, 0.05) is 37.2 Å². The van der Waals surface area contributed by atoms with E-state index in [2.05, 4.69) is 40.6 Å². The highest BCUT2D eigenvalue weighted by atomic mass is 32.1. The number of aromatic nitrogens is 2. The van der Waals surface area contributed by atoms with Gasteiger partial charge in [-0.3, -0.25) is 4.90 Å². The third kappa shape index (κ3) is 3.14. The predicted molar refractivity (Wildman–Crippen MR) is 69.4 cm³/mol. The van der Waals surface area contributed by atoms with Gasteiger partial charge in [0.25, 0.3) is 0 Å². The zero-order valence-corrected chi connectivity index (χ0v) is 11.5. The molecule has 17 heavy (non-hydrogen) atoms. The van der Waals surface area contributed by atoms with Crippen molar-refractivity contribution in [1.82, 2.24) is 14.5 Å². The molecular formula is C11H20N4OS. The second-order valence-electron chi connectivity index (χ2n) is 4.50. The molecule has 0 aliphatic carbocycles.